The molecule has 1 aromatic heterocycles. The fraction of sp³-hybridized carbons (Fsp3) is 0.0625. The Morgan fingerprint density at radius 1 is 1.00 bits per heavy atom. The zero-order valence-electron chi connectivity index (χ0n) is 12.3. The van der Waals surface area contributed by atoms with Gasteiger partial charge in [-0.1, -0.05) is 53.4 Å². The number of nitrogen functional groups attached to an aromatic ring is 1. The minimum Gasteiger partial charge on any atom is -0.375 e. The summed E-state index contributed by atoms with van der Waals surface area (Å²) >= 11 is 1.74. The van der Waals surface area contributed by atoms with Gasteiger partial charge in [-0.05, 0) is 24.3 Å². The van der Waals surface area contributed by atoms with Crippen molar-refractivity contribution < 1.29 is 8.78 Å². The van der Waals surface area contributed by atoms with Crippen LogP contribution in [0, 0.1) is 0 Å². The second-order valence-electron chi connectivity index (χ2n) is 4.64. The molecule has 0 atom stereocenters. The Balaban J connectivity index is 1.82. The number of hydrogen-bond acceptors (Lipinski definition) is 6. The standard InChI is InChI=1S/C16H12F2N4S2/c17-15(18)23-12-8-6-11(7-9-12)21-22-14-13(20-16(19)24-14)10-4-2-1-3-5-10/h1-9,15H,(H2,19,20). The van der Waals surface area contributed by atoms with Gasteiger partial charge in [0.2, 0.25) is 0 Å². The van der Waals surface area contributed by atoms with Crippen molar-refractivity contribution >= 4 is 38.9 Å². The number of halogens is 2. The molecule has 8 heteroatoms. The molecule has 0 aliphatic heterocycles. The summed E-state index contributed by atoms with van der Waals surface area (Å²) in [5.74, 6) is -2.44. The van der Waals surface area contributed by atoms with E-state index in [1.54, 1.807) is 24.3 Å². The summed E-state index contributed by atoms with van der Waals surface area (Å²) in [4.78, 5) is 4.78. The maximum absolute atomic E-state index is 12.3. The van der Waals surface area contributed by atoms with Crippen LogP contribution in [-0.4, -0.2) is 10.7 Å². The Labute approximate surface area is 145 Å². The van der Waals surface area contributed by atoms with E-state index in [9.17, 15) is 8.78 Å². The van der Waals surface area contributed by atoms with E-state index in [0.717, 1.165) is 5.56 Å². The molecule has 122 valence electrons. The molecule has 2 aromatic carbocycles. The van der Waals surface area contributed by atoms with E-state index in [1.165, 1.54) is 11.3 Å². The first kappa shape index (κ1) is 16.5. The van der Waals surface area contributed by atoms with Gasteiger partial charge in [0.1, 0.15) is 5.69 Å². The van der Waals surface area contributed by atoms with E-state index in [2.05, 4.69) is 15.2 Å². The van der Waals surface area contributed by atoms with Gasteiger partial charge < -0.3 is 5.73 Å². The Morgan fingerprint density at radius 3 is 2.38 bits per heavy atom. The molecular weight excluding hydrogens is 350 g/mol. The molecule has 24 heavy (non-hydrogen) atoms. The van der Waals surface area contributed by atoms with E-state index in [1.807, 2.05) is 30.3 Å². The number of hydrogen-bond donors (Lipinski definition) is 1. The number of nitrogens with two attached hydrogens (primary N) is 1. The van der Waals surface area contributed by atoms with Crippen molar-refractivity contribution in [3.05, 3.63) is 54.6 Å². The highest BCUT2D eigenvalue weighted by Gasteiger charge is 2.11. The van der Waals surface area contributed by atoms with Gasteiger partial charge in [-0.25, -0.2) is 4.98 Å². The molecule has 2 N–H and O–H groups in total. The van der Waals surface area contributed by atoms with Crippen molar-refractivity contribution in [1.29, 1.82) is 0 Å². The van der Waals surface area contributed by atoms with Crippen LogP contribution in [-0.2, 0) is 0 Å². The highest BCUT2D eigenvalue weighted by molar-refractivity contribution is 7.99. The highest BCUT2D eigenvalue weighted by Crippen LogP contribution is 2.37. The van der Waals surface area contributed by atoms with Crippen molar-refractivity contribution in [2.45, 2.75) is 10.7 Å². The van der Waals surface area contributed by atoms with Crippen molar-refractivity contribution in [3.8, 4) is 11.3 Å². The first-order valence-electron chi connectivity index (χ1n) is 6.90. The molecule has 4 nitrogen and oxygen atoms in total. The summed E-state index contributed by atoms with van der Waals surface area (Å²) in [5, 5.41) is 9.36. The molecule has 3 aromatic rings. The first-order valence-corrected chi connectivity index (χ1v) is 8.60. The maximum atomic E-state index is 12.3. The van der Waals surface area contributed by atoms with E-state index < -0.39 is 5.76 Å². The predicted molar refractivity (Wildman–Crippen MR) is 94.4 cm³/mol. The lowest BCUT2D eigenvalue weighted by Gasteiger charge is -2.00. The number of benzene rings is 2. The maximum Gasteiger partial charge on any atom is 0.288 e. The van der Waals surface area contributed by atoms with Gasteiger partial charge in [0.05, 0.1) is 5.69 Å². The van der Waals surface area contributed by atoms with Gasteiger partial charge in [-0.3, -0.25) is 0 Å². The van der Waals surface area contributed by atoms with Crippen LogP contribution in [0.15, 0.2) is 69.7 Å². The average molecular weight is 362 g/mol. The van der Waals surface area contributed by atoms with Gasteiger partial charge in [0.25, 0.3) is 5.76 Å². The fourth-order valence-corrected chi connectivity index (χ4v) is 3.15. The molecule has 0 bridgehead atoms. The highest BCUT2D eigenvalue weighted by atomic mass is 32.2. The molecule has 0 aliphatic carbocycles. The van der Waals surface area contributed by atoms with E-state index in [4.69, 9.17) is 5.73 Å². The van der Waals surface area contributed by atoms with Gasteiger partial charge in [0.15, 0.2) is 10.1 Å². The summed E-state index contributed by atoms with van der Waals surface area (Å²) < 4.78 is 24.6. The van der Waals surface area contributed by atoms with Crippen LogP contribution in [0.3, 0.4) is 0 Å². The number of nitrogens with zero attached hydrogens (tertiary/aromatic N) is 3. The Bertz CT molecular complexity index is 833. The summed E-state index contributed by atoms with van der Waals surface area (Å²) in [5.41, 5.74) is 7.93. The third-order valence-electron chi connectivity index (χ3n) is 2.99. The van der Waals surface area contributed by atoms with Crippen molar-refractivity contribution in [3.63, 3.8) is 0 Å². The summed E-state index contributed by atoms with van der Waals surface area (Å²) in [6.07, 6.45) is 0. The van der Waals surface area contributed by atoms with Crippen LogP contribution >= 0.6 is 23.1 Å². The van der Waals surface area contributed by atoms with Crippen molar-refractivity contribution in [2.75, 3.05) is 5.73 Å². The smallest absolute Gasteiger partial charge is 0.288 e. The summed E-state index contributed by atoms with van der Waals surface area (Å²) in [6.45, 7) is 0. The minimum absolute atomic E-state index is 0.409. The second kappa shape index (κ2) is 7.50. The number of thioether (sulfide) groups is 1. The zero-order chi connectivity index (χ0) is 16.9. The number of aromatic nitrogens is 1. The number of rotatable bonds is 5. The minimum atomic E-state index is -2.44. The third kappa shape index (κ3) is 4.15. The largest absolute Gasteiger partial charge is 0.375 e. The molecule has 0 aliphatic rings. The first-order chi connectivity index (χ1) is 11.6. The number of azo groups is 1. The topological polar surface area (TPSA) is 63.6 Å². The summed E-state index contributed by atoms with van der Waals surface area (Å²) in [6, 6.07) is 16.0. The SMILES string of the molecule is Nc1nc(-c2ccccc2)c(N=Nc2ccc(SC(F)F)cc2)s1. The van der Waals surface area contributed by atoms with Crippen LogP contribution < -0.4 is 5.73 Å². The van der Waals surface area contributed by atoms with E-state index in [-0.39, 0.29) is 0 Å². The molecule has 0 saturated heterocycles. The van der Waals surface area contributed by atoms with Gasteiger partial charge in [0, 0.05) is 10.5 Å². The quantitative estimate of drug-likeness (QED) is 0.439. The Morgan fingerprint density at radius 2 is 1.71 bits per heavy atom. The van der Waals surface area contributed by atoms with Gasteiger partial charge in [-0.2, -0.15) is 8.78 Å². The van der Waals surface area contributed by atoms with Crippen molar-refractivity contribution in [1.82, 2.24) is 4.98 Å². The molecule has 0 amide bonds. The lowest BCUT2D eigenvalue weighted by atomic mass is 10.2. The van der Waals surface area contributed by atoms with E-state index >= 15 is 0 Å². The van der Waals surface area contributed by atoms with Crippen LogP contribution in [0.4, 0.5) is 24.6 Å². The molecule has 0 spiro atoms. The third-order valence-corrected chi connectivity index (χ3v) is 4.48. The fourth-order valence-electron chi connectivity index (χ4n) is 1.98. The predicted octanol–water partition coefficient (Wildman–Crippen LogP) is 6.12. The monoisotopic (exact) mass is 362 g/mol. The van der Waals surface area contributed by atoms with Crippen LogP contribution in [0.1, 0.15) is 0 Å². The zero-order valence-corrected chi connectivity index (χ0v) is 13.9. The van der Waals surface area contributed by atoms with Gasteiger partial charge in [-0.15, -0.1) is 10.2 Å². The molecule has 0 radical (unpaired) electrons. The Hall–Kier alpha value is -2.32. The molecule has 0 fully saturated rings. The van der Waals surface area contributed by atoms with Crippen LogP contribution in [0.25, 0.3) is 11.3 Å². The lowest BCUT2D eigenvalue weighted by molar-refractivity contribution is 0.252. The second-order valence-corrected chi connectivity index (χ2v) is 6.72. The molecule has 0 saturated carbocycles. The number of anilines is 1. The summed E-state index contributed by atoms with van der Waals surface area (Å²) in [7, 11) is 0. The number of thiazole rings is 1. The molecule has 3 rings (SSSR count). The molecule has 0 unspecified atom stereocenters. The Kier molecular flexibility index (Phi) is 5.17. The lowest BCUT2D eigenvalue weighted by Crippen LogP contribution is -1.82. The van der Waals surface area contributed by atoms with Crippen LogP contribution in [0.5, 0.6) is 0 Å². The van der Waals surface area contributed by atoms with E-state index in [0.29, 0.717) is 38.2 Å². The van der Waals surface area contributed by atoms with Crippen molar-refractivity contribution in [2.24, 2.45) is 10.2 Å². The van der Waals surface area contributed by atoms with Gasteiger partial charge >= 0.3 is 0 Å². The average Bonchev–Trinajstić information content (AvgIpc) is 2.95. The number of alkyl halides is 2. The molecular formula is C16H12F2N4S2. The van der Waals surface area contributed by atoms with Crippen LogP contribution in [0.2, 0.25) is 0 Å². The normalized spacial score (nSPS) is 11.5. The molecule has 1 heterocycles.